The molecule has 0 saturated heterocycles. The van der Waals surface area contributed by atoms with Crippen LogP contribution in [0.25, 0.3) is 0 Å². The van der Waals surface area contributed by atoms with Crippen LogP contribution in [0.4, 0.5) is 13.2 Å². The monoisotopic (exact) mass is 296 g/mol. The van der Waals surface area contributed by atoms with Crippen LogP contribution in [0.15, 0.2) is 4.47 Å². The number of hydrogen-bond donors (Lipinski definition) is 0. The molecule has 16 heavy (non-hydrogen) atoms. The Bertz CT molecular complexity index is 424. The Balaban J connectivity index is 3.72. The third-order valence-electron chi connectivity index (χ3n) is 2.65. The SMILES string of the molecule is COc1c(C)c(C)c(Br)c(C)c1C(F)(F)F. The Kier molecular flexibility index (Phi) is 3.57. The topological polar surface area (TPSA) is 9.23 Å². The predicted molar refractivity (Wildman–Crippen MR) is 59.9 cm³/mol. The van der Waals surface area contributed by atoms with Gasteiger partial charge in [-0.15, -0.1) is 0 Å². The van der Waals surface area contributed by atoms with E-state index in [4.69, 9.17) is 4.74 Å². The molecule has 0 unspecified atom stereocenters. The van der Waals surface area contributed by atoms with Gasteiger partial charge >= 0.3 is 6.18 Å². The third-order valence-corrected chi connectivity index (χ3v) is 3.84. The van der Waals surface area contributed by atoms with E-state index in [0.717, 1.165) is 5.56 Å². The average molecular weight is 297 g/mol. The molecule has 0 aliphatic heterocycles. The molecule has 0 heterocycles. The molecule has 0 N–H and O–H groups in total. The summed E-state index contributed by atoms with van der Waals surface area (Å²) in [6.45, 7) is 4.81. The molecule has 90 valence electrons. The maximum Gasteiger partial charge on any atom is 0.420 e. The van der Waals surface area contributed by atoms with E-state index in [2.05, 4.69) is 15.9 Å². The normalized spacial score (nSPS) is 11.8. The fraction of sp³-hybridized carbons (Fsp3) is 0.455. The molecule has 1 aromatic carbocycles. The molecule has 0 amide bonds. The number of benzene rings is 1. The lowest BCUT2D eigenvalue weighted by atomic mass is 9.98. The van der Waals surface area contributed by atoms with Gasteiger partial charge in [0.2, 0.25) is 0 Å². The van der Waals surface area contributed by atoms with Crippen molar-refractivity contribution in [3.63, 3.8) is 0 Å². The first-order chi connectivity index (χ1) is 7.21. The highest BCUT2D eigenvalue weighted by Gasteiger charge is 2.38. The van der Waals surface area contributed by atoms with Crippen molar-refractivity contribution in [2.45, 2.75) is 26.9 Å². The Labute approximate surface area is 101 Å². The molecule has 0 spiro atoms. The van der Waals surface area contributed by atoms with Crippen LogP contribution in [-0.4, -0.2) is 7.11 Å². The number of hydrogen-bond acceptors (Lipinski definition) is 1. The second kappa shape index (κ2) is 4.28. The fourth-order valence-electron chi connectivity index (χ4n) is 1.68. The van der Waals surface area contributed by atoms with Crippen molar-refractivity contribution in [1.82, 2.24) is 0 Å². The van der Waals surface area contributed by atoms with Crippen LogP contribution in [-0.2, 0) is 6.18 Å². The number of methoxy groups -OCH3 is 1. The Morgan fingerprint density at radius 3 is 1.88 bits per heavy atom. The summed E-state index contributed by atoms with van der Waals surface area (Å²) in [5.41, 5.74) is 0.729. The van der Waals surface area contributed by atoms with Gasteiger partial charge in [-0.2, -0.15) is 13.2 Å². The van der Waals surface area contributed by atoms with Crippen LogP contribution < -0.4 is 4.74 Å². The van der Waals surface area contributed by atoms with Gasteiger partial charge < -0.3 is 4.74 Å². The summed E-state index contributed by atoms with van der Waals surface area (Å²) in [5.74, 6) is -0.0919. The van der Waals surface area contributed by atoms with E-state index in [9.17, 15) is 13.2 Å². The summed E-state index contributed by atoms with van der Waals surface area (Å²) in [6.07, 6.45) is -4.41. The van der Waals surface area contributed by atoms with Gasteiger partial charge in [0, 0.05) is 4.47 Å². The maximum atomic E-state index is 12.9. The van der Waals surface area contributed by atoms with Crippen molar-refractivity contribution in [3.05, 3.63) is 26.7 Å². The van der Waals surface area contributed by atoms with E-state index >= 15 is 0 Å². The van der Waals surface area contributed by atoms with Crippen molar-refractivity contribution in [2.24, 2.45) is 0 Å². The average Bonchev–Trinajstić information content (AvgIpc) is 2.18. The van der Waals surface area contributed by atoms with Crippen LogP contribution in [0.1, 0.15) is 22.3 Å². The lowest BCUT2D eigenvalue weighted by Gasteiger charge is -2.20. The van der Waals surface area contributed by atoms with Crippen LogP contribution in [0.5, 0.6) is 5.75 Å². The highest BCUT2D eigenvalue weighted by molar-refractivity contribution is 9.10. The van der Waals surface area contributed by atoms with Crippen molar-refractivity contribution < 1.29 is 17.9 Å². The van der Waals surface area contributed by atoms with Crippen LogP contribution in [0, 0.1) is 20.8 Å². The van der Waals surface area contributed by atoms with Gasteiger partial charge in [0.1, 0.15) is 11.3 Å². The van der Waals surface area contributed by atoms with Crippen molar-refractivity contribution in [1.29, 1.82) is 0 Å². The molecule has 0 fully saturated rings. The summed E-state index contributed by atoms with van der Waals surface area (Å²) in [5, 5.41) is 0. The maximum absolute atomic E-state index is 12.9. The summed E-state index contributed by atoms with van der Waals surface area (Å²) < 4.78 is 44.0. The zero-order valence-corrected chi connectivity index (χ0v) is 11.0. The van der Waals surface area contributed by atoms with Gasteiger partial charge in [0.15, 0.2) is 0 Å². The lowest BCUT2D eigenvalue weighted by Crippen LogP contribution is -2.12. The lowest BCUT2D eigenvalue weighted by molar-refractivity contribution is -0.139. The molecule has 1 aromatic rings. The Morgan fingerprint density at radius 1 is 1.00 bits per heavy atom. The number of halogens is 4. The quantitative estimate of drug-likeness (QED) is 0.746. The van der Waals surface area contributed by atoms with E-state index in [1.807, 2.05) is 0 Å². The van der Waals surface area contributed by atoms with Crippen molar-refractivity contribution in [2.75, 3.05) is 7.11 Å². The smallest absolute Gasteiger partial charge is 0.420 e. The van der Waals surface area contributed by atoms with E-state index in [0.29, 0.717) is 10.0 Å². The second-order valence-electron chi connectivity index (χ2n) is 3.59. The minimum absolute atomic E-state index is 0.0919. The molecule has 0 atom stereocenters. The summed E-state index contributed by atoms with van der Waals surface area (Å²) >= 11 is 3.18. The minimum atomic E-state index is -4.41. The third kappa shape index (κ3) is 2.05. The number of rotatable bonds is 1. The standard InChI is InChI=1S/C11H12BrF3O/c1-5-6(2)10(16-4)8(11(13,14)15)7(3)9(5)12/h1-4H3. The first-order valence-corrected chi connectivity index (χ1v) is 5.41. The van der Waals surface area contributed by atoms with Gasteiger partial charge in [-0.1, -0.05) is 15.9 Å². The molecule has 0 bridgehead atoms. The molecule has 0 aromatic heterocycles. The van der Waals surface area contributed by atoms with Crippen molar-refractivity contribution in [3.8, 4) is 5.75 Å². The van der Waals surface area contributed by atoms with Gasteiger partial charge in [-0.25, -0.2) is 0 Å². The summed E-state index contributed by atoms with van der Waals surface area (Å²) in [4.78, 5) is 0. The highest BCUT2D eigenvalue weighted by Crippen LogP contribution is 2.44. The van der Waals surface area contributed by atoms with E-state index in [-0.39, 0.29) is 11.3 Å². The first-order valence-electron chi connectivity index (χ1n) is 4.62. The van der Waals surface area contributed by atoms with Crippen LogP contribution in [0.2, 0.25) is 0 Å². The zero-order chi connectivity index (χ0) is 12.7. The summed E-state index contributed by atoms with van der Waals surface area (Å²) in [7, 11) is 1.25. The van der Waals surface area contributed by atoms with Gasteiger partial charge in [0.05, 0.1) is 7.11 Å². The van der Waals surface area contributed by atoms with Gasteiger partial charge in [0.25, 0.3) is 0 Å². The second-order valence-corrected chi connectivity index (χ2v) is 4.39. The molecule has 0 aliphatic rings. The van der Waals surface area contributed by atoms with Gasteiger partial charge in [-0.05, 0) is 37.5 Å². The molecule has 5 heteroatoms. The van der Waals surface area contributed by atoms with Crippen LogP contribution >= 0.6 is 15.9 Å². The van der Waals surface area contributed by atoms with Gasteiger partial charge in [-0.3, -0.25) is 0 Å². The molecule has 0 saturated carbocycles. The first kappa shape index (κ1) is 13.4. The van der Waals surface area contributed by atoms with E-state index in [1.165, 1.54) is 14.0 Å². The Hall–Kier alpha value is -0.710. The molecule has 0 radical (unpaired) electrons. The number of alkyl halides is 3. The zero-order valence-electron chi connectivity index (χ0n) is 9.42. The molecule has 1 rings (SSSR count). The molecular weight excluding hydrogens is 285 g/mol. The largest absolute Gasteiger partial charge is 0.496 e. The van der Waals surface area contributed by atoms with E-state index < -0.39 is 11.7 Å². The number of ether oxygens (including phenoxy) is 1. The molecule has 1 nitrogen and oxygen atoms in total. The van der Waals surface area contributed by atoms with Crippen LogP contribution in [0.3, 0.4) is 0 Å². The minimum Gasteiger partial charge on any atom is -0.496 e. The molecule has 0 aliphatic carbocycles. The van der Waals surface area contributed by atoms with E-state index in [1.54, 1.807) is 13.8 Å². The molecular formula is C11H12BrF3O. The van der Waals surface area contributed by atoms with Crippen molar-refractivity contribution >= 4 is 15.9 Å². The fourth-order valence-corrected chi connectivity index (χ4v) is 2.18. The highest BCUT2D eigenvalue weighted by atomic mass is 79.9. The predicted octanol–water partition coefficient (Wildman–Crippen LogP) is 4.40. The Morgan fingerprint density at radius 2 is 1.50 bits per heavy atom. The summed E-state index contributed by atoms with van der Waals surface area (Å²) in [6, 6.07) is 0.